The maximum absolute atomic E-state index is 13.5. The quantitative estimate of drug-likeness (QED) is 0.119. The molecular formula is C25H17Cl2F6N3O3. The van der Waals surface area contributed by atoms with Crippen molar-refractivity contribution in [1.82, 2.24) is 0 Å². The molecule has 3 aromatic rings. The second-order valence-electron chi connectivity index (χ2n) is 7.60. The molecule has 0 fully saturated rings. The lowest BCUT2D eigenvalue weighted by Crippen LogP contribution is -2.23. The van der Waals surface area contributed by atoms with E-state index in [4.69, 9.17) is 32.7 Å². The molecule has 0 heterocycles. The summed E-state index contributed by atoms with van der Waals surface area (Å²) in [5, 5.41) is 6.50. The highest BCUT2D eigenvalue weighted by molar-refractivity contribution is 6.31. The molecule has 0 atom stereocenters. The monoisotopic (exact) mass is 591 g/mol. The molecule has 0 aromatic heterocycles. The SMILES string of the molecule is COc1ccc(/C=C/C(=O)N(N=Nc2ccc(Cl)c(C(F)(F)F)c2)c2ccc(Cl)c(C(F)(F)F)c2)c(OC)c1. The van der Waals surface area contributed by atoms with Gasteiger partial charge in [0.2, 0.25) is 0 Å². The Morgan fingerprint density at radius 2 is 1.46 bits per heavy atom. The van der Waals surface area contributed by atoms with Gasteiger partial charge in [-0.15, -0.1) is 5.11 Å². The van der Waals surface area contributed by atoms with Crippen LogP contribution < -0.4 is 14.5 Å². The van der Waals surface area contributed by atoms with Gasteiger partial charge in [-0.1, -0.05) is 28.4 Å². The van der Waals surface area contributed by atoms with Crippen LogP contribution in [-0.2, 0) is 17.1 Å². The van der Waals surface area contributed by atoms with Crippen molar-refractivity contribution >= 4 is 46.6 Å². The van der Waals surface area contributed by atoms with Crippen molar-refractivity contribution in [3.8, 4) is 11.5 Å². The Bertz CT molecular complexity index is 1430. The first-order valence-electron chi connectivity index (χ1n) is 10.6. The van der Waals surface area contributed by atoms with E-state index in [1.54, 1.807) is 12.1 Å². The minimum atomic E-state index is -4.87. The summed E-state index contributed by atoms with van der Waals surface area (Å²) >= 11 is 11.3. The summed E-state index contributed by atoms with van der Waals surface area (Å²) in [6.07, 6.45) is -7.42. The molecule has 14 heteroatoms. The minimum absolute atomic E-state index is 0.318. The van der Waals surface area contributed by atoms with Crippen LogP contribution in [0.4, 0.5) is 37.7 Å². The van der Waals surface area contributed by atoms with Gasteiger partial charge in [-0.25, -0.2) is 0 Å². The zero-order valence-electron chi connectivity index (χ0n) is 19.9. The van der Waals surface area contributed by atoms with Gasteiger partial charge in [0.25, 0.3) is 5.91 Å². The van der Waals surface area contributed by atoms with E-state index in [0.29, 0.717) is 34.2 Å². The van der Waals surface area contributed by atoms with E-state index in [1.165, 1.54) is 26.4 Å². The molecule has 0 aliphatic carbocycles. The number of ether oxygens (including phenoxy) is 2. The fourth-order valence-electron chi connectivity index (χ4n) is 3.16. The number of anilines is 1. The molecule has 3 rings (SSSR count). The van der Waals surface area contributed by atoms with Crippen molar-refractivity contribution < 1.29 is 40.6 Å². The molecule has 1 amide bonds. The molecular weight excluding hydrogens is 575 g/mol. The van der Waals surface area contributed by atoms with E-state index in [-0.39, 0.29) is 5.69 Å². The molecule has 0 aliphatic heterocycles. The highest BCUT2D eigenvalue weighted by atomic mass is 35.5. The number of methoxy groups -OCH3 is 2. The van der Waals surface area contributed by atoms with Gasteiger partial charge in [-0.3, -0.25) is 4.79 Å². The average molecular weight is 592 g/mol. The molecule has 0 saturated carbocycles. The van der Waals surface area contributed by atoms with Gasteiger partial charge in [0, 0.05) is 17.7 Å². The third-order valence-corrected chi connectivity index (χ3v) is 5.72. The molecule has 0 bridgehead atoms. The third kappa shape index (κ3) is 7.42. The van der Waals surface area contributed by atoms with Gasteiger partial charge in [-0.05, 0) is 54.6 Å². The highest BCUT2D eigenvalue weighted by Crippen LogP contribution is 2.39. The molecule has 0 radical (unpaired) electrons. The normalized spacial score (nSPS) is 12.3. The lowest BCUT2D eigenvalue weighted by Gasteiger charge is -2.17. The van der Waals surface area contributed by atoms with E-state index < -0.39 is 45.1 Å². The molecule has 6 nitrogen and oxygen atoms in total. The molecule has 0 saturated heterocycles. The topological polar surface area (TPSA) is 63.5 Å². The molecule has 39 heavy (non-hydrogen) atoms. The van der Waals surface area contributed by atoms with E-state index in [2.05, 4.69) is 10.3 Å². The predicted molar refractivity (Wildman–Crippen MR) is 133 cm³/mol. The Balaban J connectivity index is 2.06. The van der Waals surface area contributed by atoms with Crippen molar-refractivity contribution in [3.63, 3.8) is 0 Å². The van der Waals surface area contributed by atoms with Crippen LogP contribution in [0.3, 0.4) is 0 Å². The molecule has 206 valence electrons. The lowest BCUT2D eigenvalue weighted by atomic mass is 10.1. The summed E-state index contributed by atoms with van der Waals surface area (Å²) in [4.78, 5) is 13.1. The Hall–Kier alpha value is -3.77. The van der Waals surface area contributed by atoms with Crippen molar-refractivity contribution in [3.05, 3.63) is 87.4 Å². The Morgan fingerprint density at radius 1 is 0.846 bits per heavy atom. The number of hydrogen-bond acceptors (Lipinski definition) is 5. The van der Waals surface area contributed by atoms with Crippen molar-refractivity contribution in [2.45, 2.75) is 12.4 Å². The van der Waals surface area contributed by atoms with Crippen molar-refractivity contribution in [2.75, 3.05) is 19.2 Å². The number of halogens is 8. The van der Waals surface area contributed by atoms with E-state index in [0.717, 1.165) is 30.3 Å². The summed E-state index contributed by atoms with van der Waals surface area (Å²) in [7, 11) is 2.82. The standard InChI is InChI=1S/C25H17Cl2F6N3O3/c1-38-17-7-3-14(22(13-17)39-2)4-10-23(37)36(16-6-9-21(27)19(12-16)25(31,32)33)35-34-15-5-8-20(26)18(11-15)24(28,29)30/h3-13H,1-2H3/b10-4+,35-34?. The first kappa shape index (κ1) is 29.8. The fourth-order valence-corrected chi connectivity index (χ4v) is 3.61. The maximum atomic E-state index is 13.5. The molecule has 0 N–H and O–H groups in total. The van der Waals surface area contributed by atoms with Crippen LogP contribution in [0.25, 0.3) is 6.08 Å². The number of carbonyl (C=O) groups is 1. The second-order valence-corrected chi connectivity index (χ2v) is 8.42. The fraction of sp³-hybridized carbons (Fsp3) is 0.160. The van der Waals surface area contributed by atoms with Crippen molar-refractivity contribution in [2.24, 2.45) is 10.3 Å². The van der Waals surface area contributed by atoms with Gasteiger partial charge in [0.1, 0.15) is 11.5 Å². The second kappa shape index (κ2) is 12.0. The van der Waals surface area contributed by atoms with Crippen LogP contribution in [-0.4, -0.2) is 20.1 Å². The first-order valence-corrected chi connectivity index (χ1v) is 11.4. The van der Waals surface area contributed by atoms with E-state index in [1.807, 2.05) is 0 Å². The Morgan fingerprint density at radius 3 is 2.05 bits per heavy atom. The summed E-state index contributed by atoms with van der Waals surface area (Å²) in [6.45, 7) is 0. The smallest absolute Gasteiger partial charge is 0.417 e. The summed E-state index contributed by atoms with van der Waals surface area (Å²) in [5.41, 5.74) is -2.84. The van der Waals surface area contributed by atoms with Crippen molar-refractivity contribution in [1.29, 1.82) is 0 Å². The zero-order chi connectivity index (χ0) is 29.0. The number of amides is 1. The third-order valence-electron chi connectivity index (χ3n) is 5.06. The van der Waals surface area contributed by atoms with Crippen LogP contribution in [0, 0.1) is 0 Å². The number of carbonyl (C=O) groups excluding carboxylic acids is 1. The van der Waals surface area contributed by atoms with Crippen LogP contribution in [0.15, 0.2) is 71.0 Å². The summed E-state index contributed by atoms with van der Waals surface area (Å²) in [5.74, 6) is -0.205. The minimum Gasteiger partial charge on any atom is -0.497 e. The number of rotatable bonds is 7. The Labute approximate surface area is 228 Å². The number of benzene rings is 3. The zero-order valence-corrected chi connectivity index (χ0v) is 21.5. The molecule has 0 spiro atoms. The summed E-state index contributed by atoms with van der Waals surface area (Å²) < 4.78 is 90.4. The first-order chi connectivity index (χ1) is 18.2. The van der Waals surface area contributed by atoms with Crippen LogP contribution >= 0.6 is 23.2 Å². The van der Waals surface area contributed by atoms with Gasteiger partial charge < -0.3 is 9.47 Å². The van der Waals surface area contributed by atoms with Gasteiger partial charge >= 0.3 is 12.4 Å². The summed E-state index contributed by atoms with van der Waals surface area (Å²) in [6, 6.07) is 9.79. The number of alkyl halides is 6. The number of nitrogens with zero attached hydrogens (tertiary/aromatic N) is 3. The Kier molecular flexibility index (Phi) is 9.13. The average Bonchev–Trinajstić information content (AvgIpc) is 2.87. The lowest BCUT2D eigenvalue weighted by molar-refractivity contribution is -0.138. The largest absolute Gasteiger partial charge is 0.497 e. The maximum Gasteiger partial charge on any atom is 0.417 e. The molecule has 0 aliphatic rings. The van der Waals surface area contributed by atoms with E-state index in [9.17, 15) is 31.1 Å². The predicted octanol–water partition coefficient (Wildman–Crippen LogP) is 8.79. The molecule has 0 unspecified atom stereocenters. The van der Waals surface area contributed by atoms with Gasteiger partial charge in [-0.2, -0.15) is 31.4 Å². The highest BCUT2D eigenvalue weighted by Gasteiger charge is 2.35. The van der Waals surface area contributed by atoms with Crippen LogP contribution in [0.5, 0.6) is 11.5 Å². The van der Waals surface area contributed by atoms with Crippen LogP contribution in [0.1, 0.15) is 16.7 Å². The number of hydrogen-bond donors (Lipinski definition) is 0. The van der Waals surface area contributed by atoms with Gasteiger partial charge in [0.05, 0.1) is 46.8 Å². The van der Waals surface area contributed by atoms with Gasteiger partial charge in [0.15, 0.2) is 0 Å². The van der Waals surface area contributed by atoms with Crippen LogP contribution in [0.2, 0.25) is 10.0 Å². The molecule has 3 aromatic carbocycles. The van der Waals surface area contributed by atoms with E-state index >= 15 is 0 Å².